The van der Waals surface area contributed by atoms with Crippen LogP contribution in [0.3, 0.4) is 0 Å². The summed E-state index contributed by atoms with van der Waals surface area (Å²) < 4.78 is 5.94. The molecular formula is C14H25N3O. The largest absolute Gasteiger partial charge is 0.423 e. The van der Waals surface area contributed by atoms with Crippen molar-refractivity contribution in [1.82, 2.24) is 15.5 Å². The first-order valence-corrected chi connectivity index (χ1v) is 7.29. The Bertz CT molecular complexity index is 369. The van der Waals surface area contributed by atoms with Gasteiger partial charge >= 0.3 is 0 Å². The summed E-state index contributed by atoms with van der Waals surface area (Å²) >= 11 is 0. The molecule has 1 aromatic heterocycles. The second-order valence-electron chi connectivity index (χ2n) is 5.46. The van der Waals surface area contributed by atoms with Gasteiger partial charge in [-0.3, -0.25) is 0 Å². The summed E-state index contributed by atoms with van der Waals surface area (Å²) in [7, 11) is 0. The van der Waals surface area contributed by atoms with Gasteiger partial charge in [-0.2, -0.15) is 0 Å². The zero-order valence-corrected chi connectivity index (χ0v) is 11.8. The number of hydrogen-bond acceptors (Lipinski definition) is 4. The van der Waals surface area contributed by atoms with Gasteiger partial charge in [-0.25, -0.2) is 0 Å². The van der Waals surface area contributed by atoms with Crippen molar-refractivity contribution in [3.05, 3.63) is 11.8 Å². The Hall–Kier alpha value is -0.900. The van der Waals surface area contributed by atoms with E-state index < -0.39 is 0 Å². The van der Waals surface area contributed by atoms with Crippen LogP contribution in [0.1, 0.15) is 77.1 Å². The second-order valence-corrected chi connectivity index (χ2v) is 5.46. The SMILES string of the molecule is CCCNC(C)c1nnc(C2(CC)CCCC2)o1. The topological polar surface area (TPSA) is 51.0 Å². The van der Waals surface area contributed by atoms with Crippen LogP contribution in [0, 0.1) is 0 Å². The van der Waals surface area contributed by atoms with Crippen LogP contribution in [0.4, 0.5) is 0 Å². The van der Waals surface area contributed by atoms with Gasteiger partial charge in [0.2, 0.25) is 11.8 Å². The molecule has 102 valence electrons. The first kappa shape index (κ1) is 13.5. The molecule has 1 aromatic rings. The van der Waals surface area contributed by atoms with E-state index in [4.69, 9.17) is 4.42 Å². The Morgan fingerprint density at radius 3 is 2.61 bits per heavy atom. The fourth-order valence-corrected chi connectivity index (χ4v) is 2.84. The lowest BCUT2D eigenvalue weighted by atomic mass is 9.83. The molecule has 1 unspecified atom stereocenters. The molecule has 1 aliphatic carbocycles. The standard InChI is InChI=1S/C14H25N3O/c1-4-10-15-11(3)12-16-17-13(18-12)14(5-2)8-6-7-9-14/h11,15H,4-10H2,1-3H3. The van der Waals surface area contributed by atoms with E-state index in [2.05, 4.69) is 36.3 Å². The average Bonchev–Trinajstić information content (AvgIpc) is 3.04. The smallest absolute Gasteiger partial charge is 0.233 e. The molecule has 0 aromatic carbocycles. The average molecular weight is 251 g/mol. The molecule has 18 heavy (non-hydrogen) atoms. The Kier molecular flexibility index (Phi) is 4.38. The Morgan fingerprint density at radius 1 is 1.28 bits per heavy atom. The molecule has 0 radical (unpaired) electrons. The molecule has 0 aliphatic heterocycles. The van der Waals surface area contributed by atoms with Crippen LogP contribution in [0.15, 0.2) is 4.42 Å². The quantitative estimate of drug-likeness (QED) is 0.842. The minimum atomic E-state index is 0.154. The highest BCUT2D eigenvalue weighted by Crippen LogP contribution is 2.43. The fraction of sp³-hybridized carbons (Fsp3) is 0.857. The van der Waals surface area contributed by atoms with Gasteiger partial charge in [0, 0.05) is 5.41 Å². The molecule has 1 heterocycles. The Morgan fingerprint density at radius 2 is 2.00 bits per heavy atom. The molecular weight excluding hydrogens is 226 g/mol. The van der Waals surface area contributed by atoms with Crippen LogP contribution in [0.5, 0.6) is 0 Å². The van der Waals surface area contributed by atoms with Gasteiger partial charge in [-0.05, 0) is 39.2 Å². The second kappa shape index (κ2) is 5.83. The molecule has 0 bridgehead atoms. The first-order valence-electron chi connectivity index (χ1n) is 7.29. The molecule has 1 N–H and O–H groups in total. The van der Waals surface area contributed by atoms with Gasteiger partial charge < -0.3 is 9.73 Å². The van der Waals surface area contributed by atoms with Gasteiger partial charge in [0.1, 0.15) is 0 Å². The Labute approximate surface area is 110 Å². The summed E-state index contributed by atoms with van der Waals surface area (Å²) in [5.41, 5.74) is 0.162. The van der Waals surface area contributed by atoms with E-state index in [1.165, 1.54) is 25.7 Å². The van der Waals surface area contributed by atoms with Crippen LogP contribution in [-0.2, 0) is 5.41 Å². The molecule has 0 saturated heterocycles. The van der Waals surface area contributed by atoms with Gasteiger partial charge in [-0.1, -0.05) is 26.7 Å². The molecule has 4 nitrogen and oxygen atoms in total. The van der Waals surface area contributed by atoms with Crippen LogP contribution in [0.2, 0.25) is 0 Å². The van der Waals surface area contributed by atoms with Crippen molar-refractivity contribution in [3.8, 4) is 0 Å². The fourth-order valence-electron chi connectivity index (χ4n) is 2.84. The van der Waals surface area contributed by atoms with Crippen LogP contribution in [-0.4, -0.2) is 16.7 Å². The number of nitrogens with one attached hydrogen (secondary N) is 1. The molecule has 1 atom stereocenters. The summed E-state index contributed by atoms with van der Waals surface area (Å²) in [5, 5.41) is 11.9. The van der Waals surface area contributed by atoms with Gasteiger partial charge in [-0.15, -0.1) is 10.2 Å². The van der Waals surface area contributed by atoms with E-state index in [1.54, 1.807) is 0 Å². The number of aromatic nitrogens is 2. The molecule has 1 fully saturated rings. The minimum absolute atomic E-state index is 0.154. The van der Waals surface area contributed by atoms with Crippen molar-refractivity contribution in [1.29, 1.82) is 0 Å². The molecule has 0 amide bonds. The van der Waals surface area contributed by atoms with Crippen molar-refractivity contribution in [2.75, 3.05) is 6.54 Å². The molecule has 1 saturated carbocycles. The van der Waals surface area contributed by atoms with Crippen LogP contribution in [0.25, 0.3) is 0 Å². The summed E-state index contributed by atoms with van der Waals surface area (Å²) in [4.78, 5) is 0. The van der Waals surface area contributed by atoms with Gasteiger partial charge in [0.15, 0.2) is 0 Å². The van der Waals surface area contributed by atoms with Crippen molar-refractivity contribution in [3.63, 3.8) is 0 Å². The predicted molar refractivity (Wildman–Crippen MR) is 71.4 cm³/mol. The lowest BCUT2D eigenvalue weighted by Gasteiger charge is -2.22. The first-order chi connectivity index (χ1) is 8.72. The molecule has 2 rings (SSSR count). The summed E-state index contributed by atoms with van der Waals surface area (Å²) in [5.74, 6) is 1.60. The Balaban J connectivity index is 2.09. The normalized spacial score (nSPS) is 20.2. The van der Waals surface area contributed by atoms with Crippen molar-refractivity contribution in [2.24, 2.45) is 0 Å². The highest BCUT2D eigenvalue weighted by Gasteiger charge is 2.39. The summed E-state index contributed by atoms with van der Waals surface area (Å²) in [6, 6.07) is 0.154. The lowest BCUT2D eigenvalue weighted by Crippen LogP contribution is -2.21. The summed E-state index contributed by atoms with van der Waals surface area (Å²) in [6.45, 7) is 7.45. The maximum Gasteiger partial charge on any atom is 0.233 e. The van der Waals surface area contributed by atoms with Gasteiger partial charge in [0.25, 0.3) is 0 Å². The van der Waals surface area contributed by atoms with Crippen molar-refractivity contribution < 1.29 is 4.42 Å². The van der Waals surface area contributed by atoms with E-state index in [9.17, 15) is 0 Å². The van der Waals surface area contributed by atoms with E-state index in [0.717, 1.165) is 31.2 Å². The molecule has 0 spiro atoms. The predicted octanol–water partition coefficient (Wildman–Crippen LogP) is 3.35. The third-order valence-electron chi connectivity index (χ3n) is 4.20. The lowest BCUT2D eigenvalue weighted by molar-refractivity contribution is 0.294. The summed E-state index contributed by atoms with van der Waals surface area (Å²) in [6.07, 6.45) is 7.18. The maximum atomic E-state index is 5.94. The highest BCUT2D eigenvalue weighted by atomic mass is 16.4. The third kappa shape index (κ3) is 2.58. The van der Waals surface area contributed by atoms with E-state index >= 15 is 0 Å². The van der Waals surface area contributed by atoms with Crippen LogP contribution >= 0.6 is 0 Å². The minimum Gasteiger partial charge on any atom is -0.423 e. The molecule has 1 aliphatic rings. The highest BCUT2D eigenvalue weighted by molar-refractivity contribution is 5.07. The number of nitrogens with zero attached hydrogens (tertiary/aromatic N) is 2. The van der Waals surface area contributed by atoms with E-state index in [1.807, 2.05) is 0 Å². The monoisotopic (exact) mass is 251 g/mol. The van der Waals surface area contributed by atoms with E-state index in [-0.39, 0.29) is 11.5 Å². The maximum absolute atomic E-state index is 5.94. The van der Waals surface area contributed by atoms with Gasteiger partial charge in [0.05, 0.1) is 6.04 Å². The number of hydrogen-bond donors (Lipinski definition) is 1. The molecule has 4 heteroatoms. The van der Waals surface area contributed by atoms with Crippen molar-refractivity contribution >= 4 is 0 Å². The number of rotatable bonds is 6. The zero-order valence-electron chi connectivity index (χ0n) is 11.8. The zero-order chi connectivity index (χ0) is 13.0. The van der Waals surface area contributed by atoms with Crippen molar-refractivity contribution in [2.45, 2.75) is 70.8 Å². The third-order valence-corrected chi connectivity index (χ3v) is 4.20. The van der Waals surface area contributed by atoms with Crippen LogP contribution < -0.4 is 5.32 Å². The van der Waals surface area contributed by atoms with E-state index in [0.29, 0.717) is 0 Å².